The molecule has 5 nitrogen and oxygen atoms in total. The highest BCUT2D eigenvalue weighted by Crippen LogP contribution is 2.23. The molecule has 102 valence electrons. The van der Waals surface area contributed by atoms with E-state index in [1.54, 1.807) is 32.9 Å². The van der Waals surface area contributed by atoms with E-state index in [1.165, 1.54) is 13.2 Å². The van der Waals surface area contributed by atoms with Gasteiger partial charge in [-0.2, -0.15) is 9.07 Å². The van der Waals surface area contributed by atoms with Gasteiger partial charge in [0.15, 0.2) is 0 Å². The van der Waals surface area contributed by atoms with Crippen LogP contribution in [-0.4, -0.2) is 28.6 Å². The van der Waals surface area contributed by atoms with Crippen LogP contribution in [0.15, 0.2) is 18.2 Å². The van der Waals surface area contributed by atoms with Gasteiger partial charge in [0.05, 0.1) is 18.0 Å². The Hall–Kier alpha value is -2.11. The molecule has 0 saturated heterocycles. The molecular formula is C13H15FN2O3. The van der Waals surface area contributed by atoms with Crippen molar-refractivity contribution in [2.45, 2.75) is 26.4 Å². The largest absolute Gasteiger partial charge is 0.497 e. The van der Waals surface area contributed by atoms with Crippen LogP contribution in [0.25, 0.3) is 10.9 Å². The van der Waals surface area contributed by atoms with Gasteiger partial charge in [0, 0.05) is 0 Å². The van der Waals surface area contributed by atoms with Crippen LogP contribution in [0.4, 0.5) is 9.18 Å². The second-order valence-electron chi connectivity index (χ2n) is 5.07. The first-order valence-electron chi connectivity index (χ1n) is 5.77. The highest BCUT2D eigenvalue weighted by Gasteiger charge is 2.22. The first-order valence-corrected chi connectivity index (χ1v) is 5.77. The Balaban J connectivity index is 2.48. The molecule has 0 spiro atoms. The number of hydrogen-bond acceptors (Lipinski definition) is 4. The second-order valence-corrected chi connectivity index (χ2v) is 5.07. The van der Waals surface area contributed by atoms with Gasteiger partial charge in [-0.3, -0.25) is 0 Å². The zero-order valence-corrected chi connectivity index (χ0v) is 11.2. The van der Waals surface area contributed by atoms with E-state index in [0.29, 0.717) is 11.3 Å². The summed E-state index contributed by atoms with van der Waals surface area (Å²) in [4.78, 5) is 11.9. The molecule has 0 aliphatic carbocycles. The maximum absolute atomic E-state index is 13.7. The third kappa shape index (κ3) is 2.67. The van der Waals surface area contributed by atoms with Gasteiger partial charge in [-0.05, 0) is 39.0 Å². The standard InChI is InChI=1S/C13H15FN2O3/c1-13(2,3)19-12(17)16-10-6-5-8(18-4)7-9(10)11(14)15-16/h5-7H,1-4H3. The predicted molar refractivity (Wildman–Crippen MR) is 67.9 cm³/mol. The molecule has 19 heavy (non-hydrogen) atoms. The predicted octanol–water partition coefficient (Wildman–Crippen LogP) is 2.97. The Labute approximate surface area is 109 Å². The Morgan fingerprint density at radius 2 is 2.05 bits per heavy atom. The fourth-order valence-corrected chi connectivity index (χ4v) is 1.63. The minimum Gasteiger partial charge on any atom is -0.497 e. The van der Waals surface area contributed by atoms with Crippen LogP contribution in [0.3, 0.4) is 0 Å². The first kappa shape index (κ1) is 13.3. The van der Waals surface area contributed by atoms with Crippen molar-refractivity contribution >= 4 is 17.0 Å². The number of rotatable bonds is 1. The van der Waals surface area contributed by atoms with Gasteiger partial charge in [0.25, 0.3) is 0 Å². The number of aromatic nitrogens is 2. The number of halogens is 1. The minimum absolute atomic E-state index is 0.213. The molecule has 1 aromatic heterocycles. The average Bonchev–Trinajstić information content (AvgIpc) is 2.64. The SMILES string of the molecule is COc1ccc2c(c1)c(F)nn2C(=O)OC(C)(C)C. The summed E-state index contributed by atoms with van der Waals surface area (Å²) in [6, 6.07) is 4.68. The fraction of sp³-hybridized carbons (Fsp3) is 0.385. The molecule has 6 heteroatoms. The average molecular weight is 266 g/mol. The number of methoxy groups -OCH3 is 1. The summed E-state index contributed by atoms with van der Waals surface area (Å²) < 4.78 is 24.8. The highest BCUT2D eigenvalue weighted by molar-refractivity contribution is 5.88. The molecule has 0 amide bonds. The normalized spacial score (nSPS) is 11.6. The zero-order valence-electron chi connectivity index (χ0n) is 11.2. The summed E-state index contributed by atoms with van der Waals surface area (Å²) >= 11 is 0. The molecule has 2 rings (SSSR count). The minimum atomic E-state index is -0.736. The summed E-state index contributed by atoms with van der Waals surface area (Å²) in [5.74, 6) is -0.241. The number of ether oxygens (including phenoxy) is 2. The van der Waals surface area contributed by atoms with Crippen LogP contribution < -0.4 is 4.74 Å². The molecule has 0 aliphatic heterocycles. The number of benzene rings is 1. The number of fused-ring (bicyclic) bond motifs is 1. The summed E-state index contributed by atoms with van der Waals surface area (Å²) in [5, 5.41) is 3.78. The molecule has 1 heterocycles. The van der Waals surface area contributed by atoms with Crippen molar-refractivity contribution in [2.75, 3.05) is 7.11 Å². The number of carbonyl (C=O) groups excluding carboxylic acids is 1. The molecule has 0 atom stereocenters. The summed E-state index contributed by atoms with van der Waals surface area (Å²) in [6.07, 6.45) is -0.716. The van der Waals surface area contributed by atoms with Gasteiger partial charge in [-0.25, -0.2) is 4.79 Å². The van der Waals surface area contributed by atoms with E-state index in [2.05, 4.69) is 5.10 Å². The van der Waals surface area contributed by atoms with Crippen LogP contribution >= 0.6 is 0 Å². The Kier molecular flexibility index (Phi) is 3.18. The Bertz CT molecular complexity index is 629. The maximum Gasteiger partial charge on any atom is 0.435 e. The van der Waals surface area contributed by atoms with E-state index < -0.39 is 17.6 Å². The lowest BCUT2D eigenvalue weighted by atomic mass is 10.2. The van der Waals surface area contributed by atoms with Crippen molar-refractivity contribution in [1.29, 1.82) is 0 Å². The molecular weight excluding hydrogens is 251 g/mol. The highest BCUT2D eigenvalue weighted by atomic mass is 19.1. The van der Waals surface area contributed by atoms with Crippen LogP contribution in [0.5, 0.6) is 5.75 Å². The third-order valence-electron chi connectivity index (χ3n) is 2.41. The van der Waals surface area contributed by atoms with Crippen molar-refractivity contribution in [3.05, 3.63) is 24.1 Å². The maximum atomic E-state index is 13.7. The van der Waals surface area contributed by atoms with E-state index >= 15 is 0 Å². The van der Waals surface area contributed by atoms with Gasteiger partial charge in [0.1, 0.15) is 11.4 Å². The van der Waals surface area contributed by atoms with Crippen molar-refractivity contribution in [2.24, 2.45) is 0 Å². The third-order valence-corrected chi connectivity index (χ3v) is 2.41. The molecule has 0 aliphatic rings. The Morgan fingerprint density at radius 3 is 2.63 bits per heavy atom. The molecule has 1 aromatic carbocycles. The molecule has 0 saturated carbocycles. The Morgan fingerprint density at radius 1 is 1.37 bits per heavy atom. The lowest BCUT2D eigenvalue weighted by molar-refractivity contribution is 0.0519. The molecule has 2 aromatic rings. The van der Waals surface area contributed by atoms with Crippen LogP contribution in [0, 0.1) is 5.95 Å². The second kappa shape index (κ2) is 4.53. The van der Waals surface area contributed by atoms with Crippen LogP contribution in [-0.2, 0) is 4.74 Å². The van der Waals surface area contributed by atoms with E-state index in [-0.39, 0.29) is 5.39 Å². The van der Waals surface area contributed by atoms with Gasteiger partial charge < -0.3 is 9.47 Å². The molecule has 0 bridgehead atoms. The molecule has 0 unspecified atom stereocenters. The topological polar surface area (TPSA) is 53.4 Å². The number of hydrogen-bond donors (Lipinski definition) is 0. The van der Waals surface area contributed by atoms with Crippen molar-refractivity contribution in [1.82, 2.24) is 9.78 Å². The lowest BCUT2D eigenvalue weighted by Crippen LogP contribution is -2.27. The van der Waals surface area contributed by atoms with Crippen molar-refractivity contribution in [3.8, 4) is 5.75 Å². The molecule has 0 radical (unpaired) electrons. The summed E-state index contributed by atoms with van der Waals surface area (Å²) in [5.41, 5.74) is -0.328. The van der Waals surface area contributed by atoms with E-state index in [1.807, 2.05) is 0 Å². The van der Waals surface area contributed by atoms with Crippen LogP contribution in [0.1, 0.15) is 20.8 Å². The smallest absolute Gasteiger partial charge is 0.435 e. The quantitative estimate of drug-likeness (QED) is 0.796. The lowest BCUT2D eigenvalue weighted by Gasteiger charge is -2.19. The fourth-order valence-electron chi connectivity index (χ4n) is 1.63. The van der Waals surface area contributed by atoms with Crippen LogP contribution in [0.2, 0.25) is 0 Å². The van der Waals surface area contributed by atoms with Gasteiger partial charge in [0.2, 0.25) is 5.95 Å². The summed E-state index contributed by atoms with van der Waals surface area (Å²) in [7, 11) is 1.48. The molecule has 0 N–H and O–H groups in total. The van der Waals surface area contributed by atoms with E-state index in [0.717, 1.165) is 4.68 Å². The number of nitrogens with zero attached hydrogens (tertiary/aromatic N) is 2. The van der Waals surface area contributed by atoms with E-state index in [4.69, 9.17) is 9.47 Å². The number of carbonyl (C=O) groups is 1. The zero-order chi connectivity index (χ0) is 14.2. The first-order chi connectivity index (χ1) is 8.81. The van der Waals surface area contributed by atoms with Crippen molar-refractivity contribution < 1.29 is 18.7 Å². The van der Waals surface area contributed by atoms with Gasteiger partial charge >= 0.3 is 6.09 Å². The monoisotopic (exact) mass is 266 g/mol. The van der Waals surface area contributed by atoms with Gasteiger partial charge in [-0.1, -0.05) is 0 Å². The van der Waals surface area contributed by atoms with Gasteiger partial charge in [-0.15, -0.1) is 5.10 Å². The molecule has 0 fully saturated rings. The van der Waals surface area contributed by atoms with E-state index in [9.17, 15) is 9.18 Å². The van der Waals surface area contributed by atoms with Crippen molar-refractivity contribution in [3.63, 3.8) is 0 Å². The summed E-state index contributed by atoms with van der Waals surface area (Å²) in [6.45, 7) is 5.20.